The number of nitrogens with one attached hydrogen (secondary N) is 1. The van der Waals surface area contributed by atoms with E-state index < -0.39 is 39.8 Å². The van der Waals surface area contributed by atoms with E-state index in [1.807, 2.05) is 0 Å². The van der Waals surface area contributed by atoms with Gasteiger partial charge in [-0.25, -0.2) is 0 Å². The summed E-state index contributed by atoms with van der Waals surface area (Å²) < 4.78 is 36.8. The average molecular weight is 440 g/mol. The molecule has 1 fully saturated rings. The zero-order chi connectivity index (χ0) is 21.9. The first-order valence-corrected chi connectivity index (χ1v) is 10.9. The minimum absolute atomic E-state index is 0.0490. The van der Waals surface area contributed by atoms with Gasteiger partial charge in [0.15, 0.2) is 0 Å². The van der Waals surface area contributed by atoms with Crippen molar-refractivity contribution in [1.82, 2.24) is 10.2 Å². The molecule has 2 aliphatic heterocycles. The summed E-state index contributed by atoms with van der Waals surface area (Å²) in [6, 6.07) is 3.35. The average Bonchev–Trinajstić information content (AvgIpc) is 2.91. The van der Waals surface area contributed by atoms with Crippen molar-refractivity contribution in [3.05, 3.63) is 29.3 Å². The lowest BCUT2D eigenvalue weighted by atomic mass is 10.0. The van der Waals surface area contributed by atoms with Crippen molar-refractivity contribution in [1.29, 1.82) is 0 Å². The molecule has 3 rings (SSSR count). The smallest absolute Gasteiger partial charge is 0.264 e. The molecule has 0 spiro atoms. The monoisotopic (exact) mass is 440 g/mol. The molecule has 162 valence electrons. The van der Waals surface area contributed by atoms with E-state index in [4.69, 9.17) is 9.47 Å². The van der Waals surface area contributed by atoms with Crippen LogP contribution in [0, 0.1) is 0 Å². The normalized spacial score (nSPS) is 19.1. The SMILES string of the molecule is CS(=O)(=O)OCCOCCOc1ccc2c(c1)C(=O)N(C1CCC(=O)NC1=O)C2=O. The molecule has 1 atom stereocenters. The molecule has 12 heteroatoms. The molecule has 1 saturated heterocycles. The zero-order valence-corrected chi connectivity index (χ0v) is 16.9. The van der Waals surface area contributed by atoms with Crippen molar-refractivity contribution in [2.45, 2.75) is 18.9 Å². The van der Waals surface area contributed by atoms with Gasteiger partial charge in [0.1, 0.15) is 18.4 Å². The minimum atomic E-state index is -3.51. The van der Waals surface area contributed by atoms with Gasteiger partial charge in [0.25, 0.3) is 21.9 Å². The number of carbonyl (C=O) groups excluding carboxylic acids is 4. The number of carbonyl (C=O) groups is 4. The first-order chi connectivity index (χ1) is 14.2. The Balaban J connectivity index is 1.55. The molecule has 1 N–H and O–H groups in total. The van der Waals surface area contributed by atoms with Gasteiger partial charge in [0, 0.05) is 6.42 Å². The molecule has 4 amide bonds. The van der Waals surface area contributed by atoms with Crippen molar-refractivity contribution in [2.75, 3.05) is 32.7 Å². The highest BCUT2D eigenvalue weighted by Gasteiger charge is 2.44. The van der Waals surface area contributed by atoms with Crippen LogP contribution in [-0.4, -0.2) is 75.7 Å². The van der Waals surface area contributed by atoms with Crippen LogP contribution in [0.2, 0.25) is 0 Å². The third-order valence-corrected chi connectivity index (χ3v) is 5.03. The standard InChI is InChI=1S/C18H20N2O9S/c1-30(25,26)29-9-7-27-6-8-28-11-2-3-12-13(10-11)18(24)20(17(12)23)14-4-5-15(21)19-16(14)22/h2-3,10,14H,4-9H2,1H3,(H,19,21,22). The molecule has 1 aromatic carbocycles. The van der Waals surface area contributed by atoms with Crippen molar-refractivity contribution >= 4 is 33.7 Å². The summed E-state index contributed by atoms with van der Waals surface area (Å²) in [6.45, 7) is 0.231. The van der Waals surface area contributed by atoms with Crippen LogP contribution in [0.15, 0.2) is 18.2 Å². The molecule has 0 aliphatic carbocycles. The Morgan fingerprint density at radius 2 is 1.73 bits per heavy atom. The van der Waals surface area contributed by atoms with Crippen LogP contribution in [-0.2, 0) is 28.6 Å². The van der Waals surface area contributed by atoms with Gasteiger partial charge >= 0.3 is 0 Å². The van der Waals surface area contributed by atoms with Gasteiger partial charge in [-0.05, 0) is 24.6 Å². The summed E-state index contributed by atoms with van der Waals surface area (Å²) >= 11 is 0. The van der Waals surface area contributed by atoms with E-state index in [1.54, 1.807) is 0 Å². The van der Waals surface area contributed by atoms with E-state index >= 15 is 0 Å². The first-order valence-electron chi connectivity index (χ1n) is 9.08. The van der Waals surface area contributed by atoms with Gasteiger partial charge in [0.2, 0.25) is 11.8 Å². The fourth-order valence-electron chi connectivity index (χ4n) is 3.10. The molecule has 11 nitrogen and oxygen atoms in total. The topological polar surface area (TPSA) is 145 Å². The van der Waals surface area contributed by atoms with Crippen molar-refractivity contribution in [2.24, 2.45) is 0 Å². The molecular weight excluding hydrogens is 420 g/mol. The molecule has 1 unspecified atom stereocenters. The number of imide groups is 2. The van der Waals surface area contributed by atoms with E-state index in [-0.39, 0.29) is 50.4 Å². The fraction of sp³-hybridized carbons (Fsp3) is 0.444. The number of hydrogen-bond acceptors (Lipinski definition) is 9. The quantitative estimate of drug-likeness (QED) is 0.304. The van der Waals surface area contributed by atoms with Crippen LogP contribution in [0.5, 0.6) is 5.75 Å². The highest BCUT2D eigenvalue weighted by molar-refractivity contribution is 7.85. The Bertz CT molecular complexity index is 989. The van der Waals surface area contributed by atoms with Gasteiger partial charge in [-0.3, -0.25) is 33.6 Å². The van der Waals surface area contributed by atoms with Crippen LogP contribution >= 0.6 is 0 Å². The lowest BCUT2D eigenvalue weighted by molar-refractivity contribution is -0.136. The lowest BCUT2D eigenvalue weighted by Gasteiger charge is -2.27. The number of fused-ring (bicyclic) bond motifs is 1. The van der Waals surface area contributed by atoms with E-state index in [2.05, 4.69) is 9.50 Å². The summed E-state index contributed by atoms with van der Waals surface area (Å²) in [5.41, 5.74) is 0.274. The molecule has 2 heterocycles. The van der Waals surface area contributed by atoms with Gasteiger partial charge in [-0.15, -0.1) is 0 Å². The Morgan fingerprint density at radius 1 is 1.03 bits per heavy atom. The fourth-order valence-corrected chi connectivity index (χ4v) is 3.48. The predicted molar refractivity (Wildman–Crippen MR) is 100 cm³/mol. The number of nitrogens with zero attached hydrogens (tertiary/aromatic N) is 1. The third-order valence-electron chi connectivity index (χ3n) is 4.43. The first kappa shape index (κ1) is 21.9. The van der Waals surface area contributed by atoms with Crippen molar-refractivity contribution in [3.63, 3.8) is 0 Å². The minimum Gasteiger partial charge on any atom is -0.491 e. The number of benzene rings is 1. The second kappa shape index (κ2) is 8.90. The molecular formula is C18H20N2O9S. The maximum atomic E-state index is 12.7. The van der Waals surface area contributed by atoms with Gasteiger partial charge < -0.3 is 9.47 Å². The summed E-state index contributed by atoms with van der Waals surface area (Å²) in [6.07, 6.45) is 1.07. The highest BCUT2D eigenvalue weighted by Crippen LogP contribution is 2.30. The van der Waals surface area contributed by atoms with Crippen molar-refractivity contribution in [3.8, 4) is 5.75 Å². The maximum Gasteiger partial charge on any atom is 0.264 e. The summed E-state index contributed by atoms with van der Waals surface area (Å²) in [4.78, 5) is 49.5. The predicted octanol–water partition coefficient (Wildman–Crippen LogP) is -0.541. The molecule has 2 aliphatic rings. The Hall–Kier alpha value is -2.83. The Labute approximate surface area is 172 Å². The van der Waals surface area contributed by atoms with Gasteiger partial charge in [0.05, 0.1) is 37.2 Å². The van der Waals surface area contributed by atoms with Crippen LogP contribution in [0.3, 0.4) is 0 Å². The van der Waals surface area contributed by atoms with Crippen LogP contribution in [0.4, 0.5) is 0 Å². The summed E-state index contributed by atoms with van der Waals surface area (Å²) in [7, 11) is -3.51. The number of ether oxygens (including phenoxy) is 2. The summed E-state index contributed by atoms with van der Waals surface area (Å²) in [5.74, 6) is -1.99. The van der Waals surface area contributed by atoms with E-state index in [0.717, 1.165) is 11.2 Å². The van der Waals surface area contributed by atoms with E-state index in [1.165, 1.54) is 18.2 Å². The molecule has 0 radical (unpaired) electrons. The Morgan fingerprint density at radius 3 is 2.43 bits per heavy atom. The zero-order valence-electron chi connectivity index (χ0n) is 16.1. The molecule has 0 bridgehead atoms. The summed E-state index contributed by atoms with van der Waals surface area (Å²) in [5, 5.41) is 2.14. The number of rotatable bonds is 9. The maximum absolute atomic E-state index is 12.7. The molecule has 30 heavy (non-hydrogen) atoms. The number of amides is 4. The van der Waals surface area contributed by atoms with Crippen molar-refractivity contribution < 1.29 is 41.3 Å². The van der Waals surface area contributed by atoms with Crippen LogP contribution in [0.1, 0.15) is 33.6 Å². The molecule has 0 saturated carbocycles. The number of hydrogen-bond donors (Lipinski definition) is 1. The van der Waals surface area contributed by atoms with Crippen LogP contribution in [0.25, 0.3) is 0 Å². The van der Waals surface area contributed by atoms with E-state index in [9.17, 15) is 27.6 Å². The largest absolute Gasteiger partial charge is 0.491 e. The second-order valence-electron chi connectivity index (χ2n) is 6.64. The number of piperidine rings is 1. The van der Waals surface area contributed by atoms with Gasteiger partial charge in [-0.1, -0.05) is 0 Å². The molecule has 1 aromatic rings. The van der Waals surface area contributed by atoms with E-state index in [0.29, 0.717) is 5.75 Å². The third kappa shape index (κ3) is 5.01. The van der Waals surface area contributed by atoms with Crippen LogP contribution < -0.4 is 10.1 Å². The second-order valence-corrected chi connectivity index (χ2v) is 8.29. The Kier molecular flexibility index (Phi) is 6.48. The molecule has 0 aromatic heterocycles. The van der Waals surface area contributed by atoms with Gasteiger partial charge in [-0.2, -0.15) is 8.42 Å². The lowest BCUT2D eigenvalue weighted by Crippen LogP contribution is -2.54. The highest BCUT2D eigenvalue weighted by atomic mass is 32.2.